The summed E-state index contributed by atoms with van der Waals surface area (Å²) in [6, 6.07) is 16.7. The number of imide groups is 1. The molecule has 2 aliphatic heterocycles. The first-order chi connectivity index (χ1) is 26.5. The molecular formula is C40H38FN9O5. The Morgan fingerprint density at radius 1 is 1.04 bits per heavy atom. The van der Waals surface area contributed by atoms with Crippen molar-refractivity contribution in [1.29, 1.82) is 0 Å². The Morgan fingerprint density at radius 2 is 1.91 bits per heavy atom. The van der Waals surface area contributed by atoms with E-state index in [9.17, 15) is 14.4 Å². The molecule has 6 heterocycles. The van der Waals surface area contributed by atoms with E-state index in [0.29, 0.717) is 46.9 Å². The molecule has 2 N–H and O–H groups in total. The van der Waals surface area contributed by atoms with Crippen LogP contribution in [0.3, 0.4) is 0 Å². The van der Waals surface area contributed by atoms with Crippen molar-refractivity contribution in [3.8, 4) is 28.3 Å². The monoisotopic (exact) mass is 743 g/mol. The second kappa shape index (κ2) is 14.5. The normalized spacial score (nSPS) is 16.2. The summed E-state index contributed by atoms with van der Waals surface area (Å²) in [4.78, 5) is 52.0. The van der Waals surface area contributed by atoms with Crippen molar-refractivity contribution in [2.75, 3.05) is 6.54 Å². The number of halogens is 1. The number of ether oxygens (including phenoxy) is 1. The lowest BCUT2D eigenvalue weighted by atomic mass is 9.97. The fraction of sp³-hybridized carbons (Fsp3) is 0.300. The van der Waals surface area contributed by atoms with E-state index in [0.717, 1.165) is 41.9 Å². The molecule has 0 saturated carbocycles. The van der Waals surface area contributed by atoms with E-state index in [4.69, 9.17) is 14.2 Å². The lowest BCUT2D eigenvalue weighted by Gasteiger charge is -2.29. The van der Waals surface area contributed by atoms with Crippen LogP contribution >= 0.6 is 0 Å². The van der Waals surface area contributed by atoms with E-state index < -0.39 is 29.2 Å². The van der Waals surface area contributed by atoms with Gasteiger partial charge in [-0.15, -0.1) is 0 Å². The van der Waals surface area contributed by atoms with E-state index in [1.165, 1.54) is 18.0 Å². The highest BCUT2D eigenvalue weighted by atomic mass is 19.1. The second-order valence-electron chi connectivity index (χ2n) is 14.8. The summed E-state index contributed by atoms with van der Waals surface area (Å²) in [6.07, 6.45) is 6.01. The third-order valence-corrected chi connectivity index (χ3v) is 9.71. The Hall–Kier alpha value is -6.35. The molecule has 15 heteroatoms. The highest BCUT2D eigenvalue weighted by Gasteiger charge is 2.29. The number of amides is 3. The van der Waals surface area contributed by atoms with Crippen LogP contribution < -0.4 is 15.4 Å². The minimum atomic E-state index is -0.674. The third kappa shape index (κ3) is 7.69. The van der Waals surface area contributed by atoms with Gasteiger partial charge in [0.15, 0.2) is 6.10 Å². The highest BCUT2D eigenvalue weighted by molar-refractivity contribution is 6.00. The number of benzene rings is 2. The largest absolute Gasteiger partial charge is 0.481 e. The van der Waals surface area contributed by atoms with Crippen molar-refractivity contribution in [2.45, 2.75) is 71.2 Å². The maximum Gasteiger partial charge on any atom is 0.292 e. The van der Waals surface area contributed by atoms with Gasteiger partial charge in [-0.2, -0.15) is 10.1 Å². The van der Waals surface area contributed by atoms with Crippen molar-refractivity contribution in [3.05, 3.63) is 113 Å². The van der Waals surface area contributed by atoms with Gasteiger partial charge in [0.05, 0.1) is 16.9 Å². The van der Waals surface area contributed by atoms with Crippen molar-refractivity contribution in [3.63, 3.8) is 0 Å². The van der Waals surface area contributed by atoms with Gasteiger partial charge in [0, 0.05) is 73.5 Å². The molecule has 14 nitrogen and oxygen atoms in total. The van der Waals surface area contributed by atoms with Crippen LogP contribution in [-0.2, 0) is 41.1 Å². The van der Waals surface area contributed by atoms with Gasteiger partial charge in [-0.3, -0.25) is 29.6 Å². The number of aromatic nitrogens is 6. The van der Waals surface area contributed by atoms with E-state index in [1.54, 1.807) is 16.6 Å². The average Bonchev–Trinajstić information content (AvgIpc) is 3.85. The van der Waals surface area contributed by atoms with E-state index in [-0.39, 0.29) is 24.7 Å². The number of rotatable bonds is 9. The fourth-order valence-electron chi connectivity index (χ4n) is 6.70. The average molecular weight is 744 g/mol. The number of carbonyl (C=O) groups is 3. The molecule has 1 atom stereocenters. The van der Waals surface area contributed by atoms with Gasteiger partial charge in [-0.05, 0) is 53.4 Å². The Morgan fingerprint density at radius 3 is 2.67 bits per heavy atom. The summed E-state index contributed by atoms with van der Waals surface area (Å²) >= 11 is 0. The van der Waals surface area contributed by atoms with Crippen LogP contribution in [0.4, 0.5) is 4.39 Å². The molecule has 4 aromatic heterocycles. The first-order valence-electron chi connectivity index (χ1n) is 18.0. The predicted octanol–water partition coefficient (Wildman–Crippen LogP) is 4.95. The van der Waals surface area contributed by atoms with Crippen molar-refractivity contribution in [2.24, 2.45) is 0 Å². The zero-order valence-corrected chi connectivity index (χ0v) is 30.5. The Balaban J connectivity index is 0.914. The van der Waals surface area contributed by atoms with Gasteiger partial charge in [-0.25, -0.2) is 13.9 Å². The number of nitrogens with one attached hydrogen (secondary N) is 2. The first-order valence-corrected chi connectivity index (χ1v) is 18.0. The molecule has 0 spiro atoms. The second-order valence-corrected chi connectivity index (χ2v) is 14.8. The topological polar surface area (TPSA) is 170 Å². The standard InChI is InChI=1S/C40H38FN9O5/c1-40(2,3)39-47-36(48-55-39)38(53)43-18-26-6-5-25(15-30(26)41)35-32-16-28(21-50(32)45-22-44-35)31-9-4-23(17-42-31)19-49-13-12-24-7-8-29(14-27(24)20-49)54-33-10-11-34(51)46-37(33)52/h4-9,14-17,21-22,33H,10-13,18-20H2,1-3H3,(H,43,53)(H,46,51,52). The van der Waals surface area contributed by atoms with Crippen LogP contribution in [0.25, 0.3) is 28.0 Å². The van der Waals surface area contributed by atoms with Gasteiger partial charge >= 0.3 is 0 Å². The minimum Gasteiger partial charge on any atom is -0.481 e. The zero-order valence-electron chi connectivity index (χ0n) is 30.5. The molecule has 1 fully saturated rings. The van der Waals surface area contributed by atoms with Crippen LogP contribution in [0, 0.1) is 5.82 Å². The lowest BCUT2D eigenvalue weighted by molar-refractivity contribution is -0.138. The minimum absolute atomic E-state index is 0.0616. The Kier molecular flexibility index (Phi) is 9.38. The van der Waals surface area contributed by atoms with Gasteiger partial charge in [0.25, 0.3) is 17.6 Å². The number of hydrogen-bond donors (Lipinski definition) is 2. The highest BCUT2D eigenvalue weighted by Crippen LogP contribution is 2.30. The number of pyridine rings is 1. The van der Waals surface area contributed by atoms with Gasteiger partial charge < -0.3 is 14.6 Å². The fourth-order valence-corrected chi connectivity index (χ4v) is 6.70. The summed E-state index contributed by atoms with van der Waals surface area (Å²) in [6.45, 7) is 7.95. The summed E-state index contributed by atoms with van der Waals surface area (Å²) in [5.74, 6) is -0.877. The smallest absolute Gasteiger partial charge is 0.292 e. The molecule has 3 amide bonds. The molecule has 0 aliphatic carbocycles. The molecule has 1 unspecified atom stereocenters. The molecule has 2 aliphatic rings. The maximum atomic E-state index is 15.3. The van der Waals surface area contributed by atoms with Crippen LogP contribution in [0.15, 0.2) is 77.8 Å². The van der Waals surface area contributed by atoms with E-state index in [2.05, 4.69) is 47.9 Å². The SMILES string of the molecule is CC(C)(C)c1nc(C(=O)NCc2ccc(-c3ncnn4cc(-c5ccc(CN6CCc7ccc(OC8CCC(=O)NC8=O)cc7C6)cn5)cc34)cc2F)no1. The first kappa shape index (κ1) is 35.7. The Bertz CT molecular complexity index is 2440. The van der Waals surface area contributed by atoms with Crippen molar-refractivity contribution in [1.82, 2.24) is 45.3 Å². The predicted molar refractivity (Wildman–Crippen MR) is 197 cm³/mol. The van der Waals surface area contributed by atoms with Gasteiger partial charge in [-0.1, -0.05) is 50.2 Å². The number of nitrogens with zero attached hydrogens (tertiary/aromatic N) is 7. The molecule has 0 radical (unpaired) electrons. The molecule has 6 aromatic rings. The zero-order chi connectivity index (χ0) is 38.3. The molecule has 1 saturated heterocycles. The molecule has 0 bridgehead atoms. The van der Waals surface area contributed by atoms with Gasteiger partial charge in [0.2, 0.25) is 11.8 Å². The Labute approximate surface area is 315 Å². The number of fused-ring (bicyclic) bond motifs is 2. The third-order valence-electron chi connectivity index (χ3n) is 9.71. The van der Waals surface area contributed by atoms with Crippen LogP contribution in [0.5, 0.6) is 5.75 Å². The van der Waals surface area contributed by atoms with Gasteiger partial charge in [0.1, 0.15) is 17.9 Å². The number of carbonyl (C=O) groups excluding carboxylic acids is 3. The maximum absolute atomic E-state index is 15.3. The van der Waals surface area contributed by atoms with Crippen LogP contribution in [0.1, 0.15) is 72.4 Å². The van der Waals surface area contributed by atoms with Crippen molar-refractivity contribution < 1.29 is 28.0 Å². The molecule has 55 heavy (non-hydrogen) atoms. The summed E-state index contributed by atoms with van der Waals surface area (Å²) in [5, 5.41) is 13.1. The quantitative estimate of drug-likeness (QED) is 0.192. The van der Waals surface area contributed by atoms with E-state index in [1.807, 2.05) is 57.4 Å². The van der Waals surface area contributed by atoms with Crippen LogP contribution in [-0.4, -0.2) is 65.0 Å². The summed E-state index contributed by atoms with van der Waals surface area (Å²) in [7, 11) is 0. The molecule has 8 rings (SSSR count). The molecular weight excluding hydrogens is 705 g/mol. The lowest BCUT2D eigenvalue weighted by Crippen LogP contribution is -2.46. The van der Waals surface area contributed by atoms with E-state index >= 15 is 4.39 Å². The number of hydrogen-bond acceptors (Lipinski definition) is 11. The van der Waals surface area contributed by atoms with Crippen molar-refractivity contribution >= 4 is 23.2 Å². The van der Waals surface area contributed by atoms with Crippen LogP contribution in [0.2, 0.25) is 0 Å². The molecule has 280 valence electrons. The number of piperidine rings is 1. The summed E-state index contributed by atoms with van der Waals surface area (Å²) < 4.78 is 28.2. The molecule has 2 aromatic carbocycles. The summed E-state index contributed by atoms with van der Waals surface area (Å²) in [5.41, 5.74) is 6.72.